The summed E-state index contributed by atoms with van der Waals surface area (Å²) in [6.07, 6.45) is 0.129. The van der Waals surface area contributed by atoms with E-state index in [4.69, 9.17) is 27.9 Å². The van der Waals surface area contributed by atoms with E-state index in [2.05, 4.69) is 26.8 Å². The third kappa shape index (κ3) is 5.79. The van der Waals surface area contributed by atoms with E-state index in [9.17, 15) is 9.59 Å². The van der Waals surface area contributed by atoms with Crippen LogP contribution in [0.25, 0.3) is 0 Å². The van der Waals surface area contributed by atoms with Crippen molar-refractivity contribution in [3.8, 4) is 5.75 Å². The lowest BCUT2D eigenvalue weighted by molar-refractivity contribution is -0.125. The molecule has 1 aliphatic rings. The third-order valence-electron chi connectivity index (χ3n) is 5.24. The zero-order chi connectivity index (χ0) is 23.4. The van der Waals surface area contributed by atoms with Crippen LogP contribution >= 0.6 is 39.1 Å². The molecule has 170 valence electrons. The first-order chi connectivity index (χ1) is 15.9. The number of nitrogens with zero attached hydrogens (tertiary/aromatic N) is 1. The van der Waals surface area contributed by atoms with E-state index in [-0.39, 0.29) is 24.8 Å². The van der Waals surface area contributed by atoms with Crippen LogP contribution in [0.4, 0.5) is 11.4 Å². The van der Waals surface area contributed by atoms with Gasteiger partial charge in [0, 0.05) is 38.7 Å². The van der Waals surface area contributed by atoms with E-state index < -0.39 is 5.92 Å². The Balaban J connectivity index is 1.39. The molecule has 0 radical (unpaired) electrons. The van der Waals surface area contributed by atoms with Crippen LogP contribution in [0.3, 0.4) is 0 Å². The highest BCUT2D eigenvalue weighted by molar-refractivity contribution is 9.10. The first-order valence-electron chi connectivity index (χ1n) is 10.2. The van der Waals surface area contributed by atoms with Gasteiger partial charge in [-0.3, -0.25) is 20.4 Å². The second-order valence-electron chi connectivity index (χ2n) is 7.52. The lowest BCUT2D eigenvalue weighted by atomic mass is 10.1. The summed E-state index contributed by atoms with van der Waals surface area (Å²) in [5.74, 6) is -0.329. The molecule has 1 fully saturated rings. The van der Waals surface area contributed by atoms with Gasteiger partial charge in [-0.1, -0.05) is 57.3 Å². The molecule has 0 saturated carbocycles. The predicted octanol–water partition coefficient (Wildman–Crippen LogP) is 5.83. The highest BCUT2D eigenvalue weighted by Gasteiger charge is 2.35. The molecule has 6 nitrogen and oxygen atoms in total. The second-order valence-corrected chi connectivity index (χ2v) is 9.28. The minimum atomic E-state index is -0.486. The molecular weight excluding hydrogens is 529 g/mol. The van der Waals surface area contributed by atoms with Gasteiger partial charge in [-0.15, -0.1) is 0 Å². The summed E-state index contributed by atoms with van der Waals surface area (Å²) in [6.45, 7) is 0.569. The average Bonchev–Trinajstić information content (AvgIpc) is 3.20. The molecule has 1 atom stereocenters. The SMILES string of the molecule is O=C(NNc1cc(Br)ccc1OCc1ccccc1Cl)[C@@H]1CC(=O)N(c2ccc(Cl)cc2)C1. The third-order valence-corrected chi connectivity index (χ3v) is 6.35. The summed E-state index contributed by atoms with van der Waals surface area (Å²) >= 11 is 15.6. The Morgan fingerprint density at radius 2 is 1.85 bits per heavy atom. The summed E-state index contributed by atoms with van der Waals surface area (Å²) in [5, 5.41) is 1.21. The summed E-state index contributed by atoms with van der Waals surface area (Å²) < 4.78 is 6.74. The minimum absolute atomic E-state index is 0.108. The van der Waals surface area contributed by atoms with Crippen molar-refractivity contribution in [2.24, 2.45) is 5.92 Å². The number of hydrogen-bond acceptors (Lipinski definition) is 4. The van der Waals surface area contributed by atoms with Crippen molar-refractivity contribution >= 4 is 62.3 Å². The van der Waals surface area contributed by atoms with Gasteiger partial charge >= 0.3 is 0 Å². The average molecular weight is 549 g/mol. The Hall–Kier alpha value is -2.74. The zero-order valence-corrected chi connectivity index (χ0v) is 20.5. The highest BCUT2D eigenvalue weighted by atomic mass is 79.9. The summed E-state index contributed by atoms with van der Waals surface area (Å²) in [5.41, 5.74) is 7.77. The molecular formula is C24H20BrCl2N3O3. The molecule has 1 heterocycles. The van der Waals surface area contributed by atoms with Crippen LogP contribution in [0.5, 0.6) is 5.75 Å². The van der Waals surface area contributed by atoms with Gasteiger partial charge in [0.2, 0.25) is 11.8 Å². The Bertz CT molecular complexity index is 1170. The topological polar surface area (TPSA) is 70.7 Å². The molecule has 2 amide bonds. The first-order valence-corrected chi connectivity index (χ1v) is 11.7. The molecule has 1 saturated heterocycles. The van der Waals surface area contributed by atoms with E-state index in [1.807, 2.05) is 24.3 Å². The largest absolute Gasteiger partial charge is 0.487 e. The fraction of sp³-hybridized carbons (Fsp3) is 0.167. The Morgan fingerprint density at radius 3 is 2.61 bits per heavy atom. The van der Waals surface area contributed by atoms with Crippen LogP contribution in [0.1, 0.15) is 12.0 Å². The van der Waals surface area contributed by atoms with Crippen LogP contribution in [-0.4, -0.2) is 18.4 Å². The number of benzene rings is 3. The summed E-state index contributed by atoms with van der Waals surface area (Å²) in [4.78, 5) is 26.8. The summed E-state index contributed by atoms with van der Waals surface area (Å²) in [6, 6.07) is 19.8. The van der Waals surface area contributed by atoms with Gasteiger partial charge in [-0.2, -0.15) is 0 Å². The number of nitrogens with one attached hydrogen (secondary N) is 2. The number of carbonyl (C=O) groups excluding carboxylic acids is 2. The Labute approximate surface area is 209 Å². The number of anilines is 2. The van der Waals surface area contributed by atoms with Gasteiger partial charge < -0.3 is 9.64 Å². The zero-order valence-electron chi connectivity index (χ0n) is 17.4. The molecule has 2 N–H and O–H groups in total. The van der Waals surface area contributed by atoms with Gasteiger partial charge in [0.25, 0.3) is 0 Å². The number of rotatable bonds is 7. The van der Waals surface area contributed by atoms with Crippen LogP contribution < -0.4 is 20.5 Å². The Kier molecular flexibility index (Phi) is 7.42. The molecule has 0 spiro atoms. The number of carbonyl (C=O) groups is 2. The van der Waals surface area contributed by atoms with E-state index in [0.717, 1.165) is 15.7 Å². The van der Waals surface area contributed by atoms with Crippen molar-refractivity contribution in [1.29, 1.82) is 0 Å². The van der Waals surface area contributed by atoms with Gasteiger partial charge in [0.15, 0.2) is 0 Å². The van der Waals surface area contributed by atoms with Crippen molar-refractivity contribution in [3.05, 3.63) is 86.8 Å². The minimum Gasteiger partial charge on any atom is -0.487 e. The molecule has 33 heavy (non-hydrogen) atoms. The number of amides is 2. The van der Waals surface area contributed by atoms with E-state index >= 15 is 0 Å². The number of ether oxygens (including phenoxy) is 1. The van der Waals surface area contributed by atoms with Gasteiger partial charge in [0.05, 0.1) is 11.6 Å². The quantitative estimate of drug-likeness (QED) is 0.364. The van der Waals surface area contributed by atoms with Crippen molar-refractivity contribution in [3.63, 3.8) is 0 Å². The standard InChI is InChI=1S/C24H20BrCl2N3O3/c25-17-5-10-22(33-14-15-3-1-2-4-20(15)27)21(12-17)28-29-24(32)16-11-23(31)30(13-16)19-8-6-18(26)7-9-19/h1-10,12,16,28H,11,13-14H2,(H,29,32)/t16-/m1/s1. The molecule has 3 aromatic rings. The lowest BCUT2D eigenvalue weighted by Gasteiger charge is -2.18. The van der Waals surface area contributed by atoms with Gasteiger partial charge in [-0.25, -0.2) is 0 Å². The number of hydrogen-bond donors (Lipinski definition) is 2. The molecule has 0 aliphatic carbocycles. The molecule has 3 aromatic carbocycles. The van der Waals surface area contributed by atoms with Crippen LogP contribution in [0, 0.1) is 5.92 Å². The first kappa shape index (κ1) is 23.4. The van der Waals surface area contributed by atoms with Crippen LogP contribution in [-0.2, 0) is 16.2 Å². The van der Waals surface area contributed by atoms with E-state index in [0.29, 0.717) is 28.0 Å². The second kappa shape index (κ2) is 10.5. The van der Waals surface area contributed by atoms with Gasteiger partial charge in [0.1, 0.15) is 12.4 Å². The Morgan fingerprint density at radius 1 is 1.09 bits per heavy atom. The number of hydrazine groups is 1. The van der Waals surface area contributed by atoms with Crippen molar-refractivity contribution in [2.75, 3.05) is 16.9 Å². The van der Waals surface area contributed by atoms with Crippen LogP contribution in [0.2, 0.25) is 10.0 Å². The maximum atomic E-state index is 12.8. The molecule has 0 unspecified atom stereocenters. The predicted molar refractivity (Wildman–Crippen MR) is 134 cm³/mol. The van der Waals surface area contributed by atoms with E-state index in [1.165, 1.54) is 0 Å². The monoisotopic (exact) mass is 547 g/mol. The molecule has 0 aromatic heterocycles. The van der Waals surface area contributed by atoms with Crippen molar-refractivity contribution in [1.82, 2.24) is 5.43 Å². The van der Waals surface area contributed by atoms with E-state index in [1.54, 1.807) is 47.4 Å². The van der Waals surface area contributed by atoms with Gasteiger partial charge in [-0.05, 0) is 48.5 Å². The molecule has 4 rings (SSSR count). The molecule has 0 bridgehead atoms. The van der Waals surface area contributed by atoms with Crippen molar-refractivity contribution in [2.45, 2.75) is 13.0 Å². The number of halogens is 3. The smallest absolute Gasteiger partial charge is 0.243 e. The van der Waals surface area contributed by atoms with Crippen LogP contribution in [0.15, 0.2) is 71.2 Å². The fourth-order valence-corrected chi connectivity index (χ4v) is 4.16. The maximum Gasteiger partial charge on any atom is 0.243 e. The lowest BCUT2D eigenvalue weighted by Crippen LogP contribution is -2.36. The highest BCUT2D eigenvalue weighted by Crippen LogP contribution is 2.30. The fourth-order valence-electron chi connectivity index (χ4n) is 3.48. The molecule has 9 heteroatoms. The maximum absolute atomic E-state index is 12.8. The normalized spacial score (nSPS) is 15.4. The van der Waals surface area contributed by atoms with Crippen molar-refractivity contribution < 1.29 is 14.3 Å². The summed E-state index contributed by atoms with van der Waals surface area (Å²) in [7, 11) is 0. The molecule has 1 aliphatic heterocycles.